The van der Waals surface area contributed by atoms with E-state index < -0.39 is 43.7 Å². The molecule has 0 heterocycles. The van der Waals surface area contributed by atoms with Gasteiger partial charge in [0.15, 0.2) is 32.3 Å². The topological polar surface area (TPSA) is 9.23 Å². The van der Waals surface area contributed by atoms with E-state index in [1.165, 1.54) is 0 Å². The molecule has 0 aromatic heterocycles. The SMILES string of the molecule is C[SiH](C)OCCc1c(F)c(F)c(F)c(F)c1F. The predicted octanol–water partition coefficient (Wildman–Crippen LogP) is 2.92. The zero-order valence-electron chi connectivity index (χ0n) is 9.29. The summed E-state index contributed by atoms with van der Waals surface area (Å²) in [6.07, 6.45) is -0.336. The van der Waals surface area contributed by atoms with Crippen molar-refractivity contribution in [3.8, 4) is 0 Å². The van der Waals surface area contributed by atoms with Crippen LogP contribution in [0.2, 0.25) is 13.1 Å². The van der Waals surface area contributed by atoms with Crippen LogP contribution in [0.1, 0.15) is 5.56 Å². The van der Waals surface area contributed by atoms with E-state index in [1.807, 2.05) is 13.1 Å². The molecule has 17 heavy (non-hydrogen) atoms. The van der Waals surface area contributed by atoms with E-state index in [2.05, 4.69) is 0 Å². The van der Waals surface area contributed by atoms with Gasteiger partial charge in [0.2, 0.25) is 5.82 Å². The molecule has 0 bridgehead atoms. The molecule has 1 aromatic rings. The van der Waals surface area contributed by atoms with Crippen molar-refractivity contribution in [3.63, 3.8) is 0 Å². The van der Waals surface area contributed by atoms with Crippen molar-refractivity contribution < 1.29 is 26.4 Å². The summed E-state index contributed by atoms with van der Waals surface area (Å²) in [5.41, 5.74) is -0.823. The first-order chi connectivity index (χ1) is 7.86. The maximum Gasteiger partial charge on any atom is 0.200 e. The first-order valence-electron chi connectivity index (χ1n) is 4.98. The van der Waals surface area contributed by atoms with Gasteiger partial charge in [0.1, 0.15) is 0 Å². The third-order valence-electron chi connectivity index (χ3n) is 2.10. The van der Waals surface area contributed by atoms with Crippen molar-refractivity contribution in [2.45, 2.75) is 19.5 Å². The van der Waals surface area contributed by atoms with Crippen LogP contribution in [-0.2, 0) is 10.8 Å². The lowest BCUT2D eigenvalue weighted by atomic mass is 10.1. The van der Waals surface area contributed by atoms with Crippen molar-refractivity contribution in [2.24, 2.45) is 0 Å². The number of benzene rings is 1. The van der Waals surface area contributed by atoms with Crippen molar-refractivity contribution >= 4 is 9.04 Å². The van der Waals surface area contributed by atoms with Gasteiger partial charge in [-0.15, -0.1) is 0 Å². The highest BCUT2D eigenvalue weighted by Crippen LogP contribution is 2.23. The summed E-state index contributed by atoms with van der Waals surface area (Å²) in [4.78, 5) is 0. The van der Waals surface area contributed by atoms with Crippen LogP contribution in [0.25, 0.3) is 0 Å². The summed E-state index contributed by atoms with van der Waals surface area (Å²) >= 11 is 0. The van der Waals surface area contributed by atoms with E-state index in [4.69, 9.17) is 4.43 Å². The maximum absolute atomic E-state index is 13.2. The summed E-state index contributed by atoms with van der Waals surface area (Å²) in [6.45, 7) is 3.61. The number of hydrogen-bond acceptors (Lipinski definition) is 1. The average molecular weight is 270 g/mol. The van der Waals surface area contributed by atoms with Gasteiger partial charge in [0, 0.05) is 18.6 Å². The average Bonchev–Trinajstić information content (AvgIpc) is 2.28. The van der Waals surface area contributed by atoms with Crippen LogP contribution in [0.3, 0.4) is 0 Å². The minimum atomic E-state index is -2.14. The van der Waals surface area contributed by atoms with Crippen molar-refractivity contribution in [2.75, 3.05) is 6.61 Å². The summed E-state index contributed by atoms with van der Waals surface area (Å²) in [5, 5.41) is 0. The molecule has 0 atom stereocenters. The minimum Gasteiger partial charge on any atom is -0.420 e. The molecule has 0 N–H and O–H groups in total. The maximum atomic E-state index is 13.2. The van der Waals surface area contributed by atoms with Gasteiger partial charge in [-0.2, -0.15) is 0 Å². The van der Waals surface area contributed by atoms with Crippen LogP contribution in [0.4, 0.5) is 22.0 Å². The second kappa shape index (κ2) is 5.59. The second-order valence-electron chi connectivity index (χ2n) is 3.72. The standard InChI is InChI=1S/C10H11F5OSi/c1-17(2)16-4-3-5-6(11)8(13)10(15)9(14)7(5)12/h17H,3-4H2,1-2H3. The molecule has 0 aliphatic carbocycles. The van der Waals surface area contributed by atoms with Crippen LogP contribution in [0.15, 0.2) is 0 Å². The molecular weight excluding hydrogens is 259 g/mol. The van der Waals surface area contributed by atoms with Gasteiger partial charge in [0.25, 0.3) is 0 Å². The van der Waals surface area contributed by atoms with Crippen LogP contribution >= 0.6 is 0 Å². The van der Waals surface area contributed by atoms with Crippen molar-refractivity contribution in [3.05, 3.63) is 34.6 Å². The van der Waals surface area contributed by atoms with Gasteiger partial charge in [0.05, 0.1) is 0 Å². The fourth-order valence-corrected chi connectivity index (χ4v) is 1.86. The largest absolute Gasteiger partial charge is 0.420 e. The molecule has 1 rings (SSSR count). The summed E-state index contributed by atoms with van der Waals surface area (Å²) < 4.78 is 69.7. The highest BCUT2D eigenvalue weighted by atomic mass is 28.3. The second-order valence-corrected chi connectivity index (χ2v) is 6.15. The van der Waals surface area contributed by atoms with Crippen LogP contribution < -0.4 is 0 Å². The Hall–Kier alpha value is -0.953. The normalized spacial score (nSPS) is 11.3. The van der Waals surface area contributed by atoms with Gasteiger partial charge >= 0.3 is 0 Å². The first-order valence-corrected chi connectivity index (χ1v) is 7.76. The fourth-order valence-electron chi connectivity index (χ4n) is 1.27. The van der Waals surface area contributed by atoms with Crippen molar-refractivity contribution in [1.82, 2.24) is 0 Å². The molecule has 0 fully saturated rings. The Morgan fingerprint density at radius 1 is 0.824 bits per heavy atom. The summed E-state index contributed by atoms with van der Waals surface area (Å²) in [6, 6.07) is 0. The number of halogens is 5. The lowest BCUT2D eigenvalue weighted by molar-refractivity contribution is 0.316. The molecule has 0 spiro atoms. The van der Waals surface area contributed by atoms with E-state index >= 15 is 0 Å². The summed E-state index contributed by atoms with van der Waals surface area (Å²) in [5.74, 6) is -9.53. The predicted molar refractivity (Wildman–Crippen MR) is 54.8 cm³/mol. The van der Waals surface area contributed by atoms with E-state index in [0.717, 1.165) is 0 Å². The molecular formula is C10H11F5OSi. The van der Waals surface area contributed by atoms with Gasteiger partial charge < -0.3 is 4.43 Å². The Kier molecular flexibility index (Phi) is 4.64. The quantitative estimate of drug-likeness (QED) is 0.354. The molecule has 0 unspecified atom stereocenters. The van der Waals surface area contributed by atoms with E-state index in [1.54, 1.807) is 0 Å². The van der Waals surface area contributed by atoms with Crippen LogP contribution in [0, 0.1) is 29.1 Å². The van der Waals surface area contributed by atoms with E-state index in [9.17, 15) is 22.0 Å². The lowest BCUT2D eigenvalue weighted by Crippen LogP contribution is -2.14. The zero-order chi connectivity index (χ0) is 13.2. The van der Waals surface area contributed by atoms with Crippen LogP contribution in [0.5, 0.6) is 0 Å². The Balaban J connectivity index is 2.99. The number of hydrogen-bond donors (Lipinski definition) is 0. The molecule has 0 saturated heterocycles. The van der Waals surface area contributed by atoms with Crippen LogP contribution in [-0.4, -0.2) is 15.6 Å². The van der Waals surface area contributed by atoms with E-state index in [0.29, 0.717) is 0 Å². The fraction of sp³-hybridized carbons (Fsp3) is 0.400. The Morgan fingerprint density at radius 3 is 1.65 bits per heavy atom. The molecule has 1 nitrogen and oxygen atoms in total. The van der Waals surface area contributed by atoms with Gasteiger partial charge in [-0.1, -0.05) is 0 Å². The minimum absolute atomic E-state index is 0.0533. The zero-order valence-corrected chi connectivity index (χ0v) is 10.4. The highest BCUT2D eigenvalue weighted by Gasteiger charge is 2.25. The molecule has 96 valence electrons. The smallest absolute Gasteiger partial charge is 0.200 e. The van der Waals surface area contributed by atoms with Gasteiger partial charge in [-0.25, -0.2) is 22.0 Å². The van der Waals surface area contributed by atoms with E-state index in [-0.39, 0.29) is 13.0 Å². The molecule has 0 radical (unpaired) electrons. The van der Waals surface area contributed by atoms with Crippen molar-refractivity contribution in [1.29, 1.82) is 0 Å². The Morgan fingerprint density at radius 2 is 1.24 bits per heavy atom. The Bertz CT molecular complexity index is 393. The first kappa shape index (κ1) is 14.1. The highest BCUT2D eigenvalue weighted by molar-refractivity contribution is 6.48. The van der Waals surface area contributed by atoms with Gasteiger partial charge in [-0.3, -0.25) is 0 Å². The summed E-state index contributed by atoms with van der Waals surface area (Å²) in [7, 11) is -1.38. The molecule has 0 aliphatic rings. The third kappa shape index (κ3) is 3.04. The van der Waals surface area contributed by atoms with Gasteiger partial charge in [-0.05, 0) is 13.1 Å². The molecule has 7 heteroatoms. The molecule has 0 aliphatic heterocycles. The Labute approximate surface area is 96.9 Å². The molecule has 1 aromatic carbocycles. The lowest BCUT2D eigenvalue weighted by Gasteiger charge is -2.10. The molecule has 0 saturated carbocycles. The molecule has 0 amide bonds. The number of rotatable bonds is 4. The monoisotopic (exact) mass is 270 g/mol. The third-order valence-corrected chi connectivity index (χ3v) is 3.01.